The molecule has 8 nitrogen and oxygen atoms in total. The first-order chi connectivity index (χ1) is 14.5. The molecule has 0 saturated heterocycles. The van der Waals surface area contributed by atoms with Gasteiger partial charge in [-0.25, -0.2) is 13.1 Å². The molecule has 0 bridgehead atoms. The highest BCUT2D eigenvalue weighted by Crippen LogP contribution is 2.15. The third-order valence-corrected chi connectivity index (χ3v) is 5.58. The lowest BCUT2D eigenvalue weighted by Crippen LogP contribution is -2.49. The lowest BCUT2D eigenvalue weighted by atomic mass is 10.1. The fourth-order valence-corrected chi connectivity index (χ4v) is 3.94. The van der Waals surface area contributed by atoms with E-state index in [0.717, 1.165) is 31.2 Å². The van der Waals surface area contributed by atoms with E-state index >= 15 is 0 Å². The Hall–Kier alpha value is -2.18. The zero-order valence-electron chi connectivity index (χ0n) is 18.6. The Labute approximate surface area is 186 Å². The minimum Gasteiger partial charge on any atom is -0.542 e. The van der Waals surface area contributed by atoms with Gasteiger partial charge >= 0.3 is 12.1 Å². The first-order valence-electron chi connectivity index (χ1n) is 9.89. The maximum absolute atomic E-state index is 12.6. The molecule has 0 spiro atoms. The highest BCUT2D eigenvalue weighted by atomic mass is 32.2. The number of hydrogen-bond acceptors (Lipinski definition) is 5. The molecular formula is C20H31F3N2O6S. The molecule has 2 N–H and O–H groups in total. The molecule has 12 heteroatoms. The molecule has 0 aliphatic rings. The smallest absolute Gasteiger partial charge is 0.430 e. The third-order valence-electron chi connectivity index (χ3n) is 4.05. The molecule has 0 amide bonds. The van der Waals surface area contributed by atoms with Crippen molar-refractivity contribution in [2.45, 2.75) is 56.1 Å². The fourth-order valence-electron chi connectivity index (χ4n) is 2.72. The summed E-state index contributed by atoms with van der Waals surface area (Å²) in [5.41, 5.74) is 1.11. The number of quaternary nitrogens is 1. The molecule has 0 aliphatic heterocycles. The quantitative estimate of drug-likeness (QED) is 0.363. The molecule has 0 radical (unpaired) electrons. The second-order valence-electron chi connectivity index (χ2n) is 8.28. The number of likely N-dealkylation sites (N-methyl/N-ethyl adjacent to an activating group) is 1. The second kappa shape index (κ2) is 12.8. The number of rotatable bonds is 11. The van der Waals surface area contributed by atoms with Crippen LogP contribution in [0, 0.1) is 0 Å². The van der Waals surface area contributed by atoms with Crippen LogP contribution in [0.15, 0.2) is 29.2 Å². The molecule has 32 heavy (non-hydrogen) atoms. The van der Waals surface area contributed by atoms with Gasteiger partial charge in [0.25, 0.3) is 0 Å². The number of aliphatic carboxylic acids is 2. The number of benzene rings is 1. The Morgan fingerprint density at radius 2 is 1.62 bits per heavy atom. The minimum absolute atomic E-state index is 0.170. The zero-order chi connectivity index (χ0) is 25.2. The molecule has 0 heterocycles. The van der Waals surface area contributed by atoms with Crippen LogP contribution >= 0.6 is 0 Å². The van der Waals surface area contributed by atoms with Crippen molar-refractivity contribution in [3.63, 3.8) is 0 Å². The van der Waals surface area contributed by atoms with Crippen LogP contribution in [0.25, 0.3) is 0 Å². The highest BCUT2D eigenvalue weighted by molar-refractivity contribution is 7.89. The van der Waals surface area contributed by atoms with Gasteiger partial charge in [-0.15, -0.1) is 0 Å². The number of aryl methyl sites for hydroxylation is 1. The molecule has 0 saturated carbocycles. The van der Waals surface area contributed by atoms with Gasteiger partial charge in [0.05, 0.1) is 45.0 Å². The molecular weight excluding hydrogens is 453 g/mol. The minimum atomic E-state index is -5.19. The third kappa shape index (κ3) is 13.3. The standard InChI is InChI=1S/C18H30N2O4S.C2HF3O2/c1-5-6-7-8-15-9-11-17(12-10-15)25(23,24)19-16(13-18(21)22)14-20(2,3)4;3-2(4,5)1(6)7/h9-12,16,19H,5-8,13-14H2,1-4H3;(H,6,7)/t16-;/m1./s1. The lowest BCUT2D eigenvalue weighted by molar-refractivity contribution is -0.871. The van der Waals surface area contributed by atoms with Gasteiger partial charge in [0, 0.05) is 0 Å². The predicted molar refractivity (Wildman–Crippen MR) is 110 cm³/mol. The van der Waals surface area contributed by atoms with Gasteiger partial charge in [0.1, 0.15) is 5.97 Å². The van der Waals surface area contributed by atoms with Crippen molar-refractivity contribution in [2.75, 3.05) is 27.7 Å². The topological polar surface area (TPSA) is 124 Å². The summed E-state index contributed by atoms with van der Waals surface area (Å²) in [5, 5.41) is 17.8. The van der Waals surface area contributed by atoms with E-state index in [1.54, 1.807) is 12.1 Å². The monoisotopic (exact) mass is 484 g/mol. The number of nitrogens with one attached hydrogen (secondary N) is 1. The molecule has 0 unspecified atom stereocenters. The van der Waals surface area contributed by atoms with E-state index in [-0.39, 0.29) is 11.3 Å². The molecule has 0 aromatic heterocycles. The summed E-state index contributed by atoms with van der Waals surface area (Å²) in [5.74, 6) is -4.03. The maximum atomic E-state index is 12.6. The lowest BCUT2D eigenvalue weighted by Gasteiger charge is -2.29. The number of sulfonamides is 1. The van der Waals surface area contributed by atoms with E-state index in [0.29, 0.717) is 11.0 Å². The molecule has 1 aromatic carbocycles. The van der Waals surface area contributed by atoms with Crippen molar-refractivity contribution in [2.24, 2.45) is 0 Å². The summed E-state index contributed by atoms with van der Waals surface area (Å²) in [6, 6.07) is 6.18. The summed E-state index contributed by atoms with van der Waals surface area (Å²) < 4.78 is 59.7. The number of nitrogens with zero attached hydrogens (tertiary/aromatic N) is 1. The Morgan fingerprint density at radius 1 is 1.12 bits per heavy atom. The number of carboxylic acids is 2. The molecule has 184 valence electrons. The van der Waals surface area contributed by atoms with Gasteiger partial charge in [-0.1, -0.05) is 31.9 Å². The molecule has 0 fully saturated rings. The van der Waals surface area contributed by atoms with Crippen molar-refractivity contribution in [3.05, 3.63) is 29.8 Å². The van der Waals surface area contributed by atoms with Crippen LogP contribution in [0.5, 0.6) is 0 Å². The van der Waals surface area contributed by atoms with Crippen LogP contribution in [-0.4, -0.2) is 69.9 Å². The van der Waals surface area contributed by atoms with Crippen molar-refractivity contribution < 1.29 is 45.9 Å². The maximum Gasteiger partial charge on any atom is 0.430 e. The van der Waals surface area contributed by atoms with Crippen molar-refractivity contribution in [1.29, 1.82) is 0 Å². The second-order valence-corrected chi connectivity index (χ2v) is 9.99. The largest absolute Gasteiger partial charge is 0.542 e. The van der Waals surface area contributed by atoms with Gasteiger partial charge in [0.2, 0.25) is 10.0 Å². The average Bonchev–Trinajstić information content (AvgIpc) is 2.59. The summed E-state index contributed by atoms with van der Waals surface area (Å²) >= 11 is 0. The first-order valence-corrected chi connectivity index (χ1v) is 11.4. The molecule has 0 aliphatic carbocycles. The SMILES string of the molecule is CCCCCc1ccc(S(=O)(=O)N[C@H](CC(=O)O)C[N+](C)(C)C)cc1.O=C([O-])C(F)(F)F. The highest BCUT2D eigenvalue weighted by Gasteiger charge is 2.29. The van der Waals surface area contributed by atoms with Crippen LogP contribution in [0.2, 0.25) is 0 Å². The Balaban J connectivity index is 0.00000118. The fraction of sp³-hybridized carbons (Fsp3) is 0.600. The molecule has 1 rings (SSSR count). The van der Waals surface area contributed by atoms with Crippen LogP contribution in [-0.2, 0) is 26.0 Å². The van der Waals surface area contributed by atoms with Gasteiger partial charge in [0.15, 0.2) is 0 Å². The van der Waals surface area contributed by atoms with E-state index in [1.807, 2.05) is 33.3 Å². The van der Waals surface area contributed by atoms with E-state index in [9.17, 15) is 26.4 Å². The van der Waals surface area contributed by atoms with Crippen molar-refractivity contribution in [1.82, 2.24) is 4.72 Å². The predicted octanol–water partition coefficient (Wildman–Crippen LogP) is 1.55. The van der Waals surface area contributed by atoms with Crippen LogP contribution in [0.1, 0.15) is 38.2 Å². The van der Waals surface area contributed by atoms with E-state index in [2.05, 4.69) is 11.6 Å². The van der Waals surface area contributed by atoms with E-state index in [1.165, 1.54) is 0 Å². The normalized spacial score (nSPS) is 13.1. The van der Waals surface area contributed by atoms with Gasteiger partial charge in [-0.05, 0) is 30.5 Å². The summed E-state index contributed by atoms with van der Waals surface area (Å²) in [4.78, 5) is 20.0. The van der Waals surface area contributed by atoms with Gasteiger partial charge < -0.3 is 19.5 Å². The number of unbranched alkanes of at least 4 members (excludes halogenated alkanes) is 2. The van der Waals surface area contributed by atoms with Gasteiger partial charge in [-0.3, -0.25) is 4.79 Å². The van der Waals surface area contributed by atoms with Crippen LogP contribution in [0.4, 0.5) is 13.2 Å². The van der Waals surface area contributed by atoms with Crippen LogP contribution in [0.3, 0.4) is 0 Å². The number of carbonyl (C=O) groups is 2. The zero-order valence-corrected chi connectivity index (χ0v) is 19.4. The first kappa shape index (κ1) is 29.8. The number of halogens is 3. The number of hydrogen-bond donors (Lipinski definition) is 2. The van der Waals surface area contributed by atoms with Crippen molar-refractivity contribution >= 4 is 22.0 Å². The molecule has 1 aromatic rings. The van der Waals surface area contributed by atoms with E-state index < -0.39 is 34.2 Å². The summed E-state index contributed by atoms with van der Waals surface area (Å²) in [6.45, 7) is 2.53. The van der Waals surface area contributed by atoms with Crippen LogP contribution < -0.4 is 9.83 Å². The van der Waals surface area contributed by atoms with Crippen molar-refractivity contribution in [3.8, 4) is 0 Å². The van der Waals surface area contributed by atoms with Gasteiger partial charge in [-0.2, -0.15) is 13.2 Å². The number of alkyl halides is 3. The Morgan fingerprint density at radius 3 is 2.00 bits per heavy atom. The summed E-state index contributed by atoms with van der Waals surface area (Å²) in [6.07, 6.45) is -1.11. The summed E-state index contributed by atoms with van der Waals surface area (Å²) in [7, 11) is 1.95. The van der Waals surface area contributed by atoms with E-state index in [4.69, 9.17) is 15.0 Å². The Kier molecular flexibility index (Phi) is 11.9. The number of carbonyl (C=O) groups excluding carboxylic acids is 1. The Bertz CT molecular complexity index is 834. The molecule has 1 atom stereocenters. The number of carboxylic acid groups (broad SMARTS) is 2. The average molecular weight is 485 g/mol.